The first kappa shape index (κ1) is 18.1. The summed E-state index contributed by atoms with van der Waals surface area (Å²) in [6.45, 7) is 5.66. The Bertz CT molecular complexity index is 770. The van der Waals surface area contributed by atoms with E-state index in [4.69, 9.17) is 10.8 Å². The molecule has 1 heterocycles. The summed E-state index contributed by atoms with van der Waals surface area (Å²) in [5, 5.41) is 12.6. The zero-order valence-corrected chi connectivity index (χ0v) is 15.1. The van der Waals surface area contributed by atoms with Gasteiger partial charge in [0.1, 0.15) is 0 Å². The van der Waals surface area contributed by atoms with E-state index in [9.17, 15) is 4.79 Å². The van der Waals surface area contributed by atoms with Crippen LogP contribution in [0.1, 0.15) is 16.7 Å². The molecule has 0 atom stereocenters. The van der Waals surface area contributed by atoms with Gasteiger partial charge in [-0.05, 0) is 24.6 Å². The molecule has 6 nitrogen and oxygen atoms in total. The molecule has 0 aliphatic carbocycles. The molecule has 6 heteroatoms. The molecule has 0 unspecified atom stereocenters. The Hall–Kier alpha value is -2.73. The van der Waals surface area contributed by atoms with Gasteiger partial charge in [0.25, 0.3) is 0 Å². The second kappa shape index (κ2) is 8.10. The third-order valence-corrected chi connectivity index (χ3v) is 4.81. The smallest absolute Gasteiger partial charge is 0.407 e. The molecule has 0 spiro atoms. The average Bonchev–Trinajstić information content (AvgIpc) is 2.66. The molecule has 138 valence electrons. The first-order valence-electron chi connectivity index (χ1n) is 8.92. The highest BCUT2D eigenvalue weighted by Gasteiger charge is 2.22. The fourth-order valence-electron chi connectivity index (χ4n) is 3.41. The molecule has 1 saturated heterocycles. The van der Waals surface area contributed by atoms with Crippen molar-refractivity contribution >= 4 is 17.5 Å². The lowest BCUT2D eigenvalue weighted by Gasteiger charge is -2.36. The van der Waals surface area contributed by atoms with Crippen molar-refractivity contribution in [2.24, 2.45) is 5.73 Å². The van der Waals surface area contributed by atoms with Crippen LogP contribution in [0, 0.1) is 6.92 Å². The Balaban J connectivity index is 1.74. The molecule has 0 bridgehead atoms. The fourth-order valence-corrected chi connectivity index (χ4v) is 3.41. The SMILES string of the molecule is Cc1cccc(CNc2cccc(N3CCN(C(=O)O)CC3)c2CN)c1. The van der Waals surface area contributed by atoms with Crippen LogP contribution in [-0.2, 0) is 13.1 Å². The Morgan fingerprint density at radius 1 is 1.15 bits per heavy atom. The molecule has 0 saturated carbocycles. The molecule has 3 rings (SSSR count). The number of hydrogen-bond acceptors (Lipinski definition) is 4. The Kier molecular flexibility index (Phi) is 5.63. The highest BCUT2D eigenvalue weighted by atomic mass is 16.4. The molecule has 0 aromatic heterocycles. The summed E-state index contributed by atoms with van der Waals surface area (Å²) in [6, 6.07) is 14.6. The number of aryl methyl sites for hydroxylation is 1. The first-order chi connectivity index (χ1) is 12.6. The summed E-state index contributed by atoms with van der Waals surface area (Å²) in [5.74, 6) is 0. The molecule has 2 aromatic rings. The van der Waals surface area contributed by atoms with Crippen LogP contribution in [0.2, 0.25) is 0 Å². The zero-order chi connectivity index (χ0) is 18.5. The van der Waals surface area contributed by atoms with Crippen LogP contribution < -0.4 is 16.0 Å². The number of carboxylic acid groups (broad SMARTS) is 1. The van der Waals surface area contributed by atoms with Crippen molar-refractivity contribution < 1.29 is 9.90 Å². The van der Waals surface area contributed by atoms with Crippen LogP contribution in [-0.4, -0.2) is 42.3 Å². The molecule has 4 N–H and O–H groups in total. The first-order valence-corrected chi connectivity index (χ1v) is 8.92. The van der Waals surface area contributed by atoms with E-state index >= 15 is 0 Å². The van der Waals surface area contributed by atoms with Gasteiger partial charge in [0.15, 0.2) is 0 Å². The largest absolute Gasteiger partial charge is 0.465 e. The number of nitrogens with zero attached hydrogens (tertiary/aromatic N) is 2. The van der Waals surface area contributed by atoms with Crippen molar-refractivity contribution in [2.45, 2.75) is 20.0 Å². The van der Waals surface area contributed by atoms with Crippen LogP contribution in [0.5, 0.6) is 0 Å². The average molecular weight is 354 g/mol. The molecule has 1 fully saturated rings. The van der Waals surface area contributed by atoms with Gasteiger partial charge in [-0.2, -0.15) is 0 Å². The van der Waals surface area contributed by atoms with Gasteiger partial charge < -0.3 is 26.0 Å². The summed E-state index contributed by atoms with van der Waals surface area (Å²) < 4.78 is 0. The summed E-state index contributed by atoms with van der Waals surface area (Å²) >= 11 is 0. The van der Waals surface area contributed by atoms with E-state index in [-0.39, 0.29) is 0 Å². The van der Waals surface area contributed by atoms with E-state index in [1.54, 1.807) is 0 Å². The van der Waals surface area contributed by atoms with Crippen molar-refractivity contribution in [2.75, 3.05) is 36.4 Å². The molecular weight excluding hydrogens is 328 g/mol. The minimum atomic E-state index is -0.850. The van der Waals surface area contributed by atoms with Gasteiger partial charge in [-0.15, -0.1) is 0 Å². The third kappa shape index (κ3) is 4.08. The van der Waals surface area contributed by atoms with E-state index in [0.29, 0.717) is 32.7 Å². The van der Waals surface area contributed by atoms with Gasteiger partial charge in [0.2, 0.25) is 0 Å². The van der Waals surface area contributed by atoms with Crippen molar-refractivity contribution in [3.05, 3.63) is 59.2 Å². The number of benzene rings is 2. The van der Waals surface area contributed by atoms with E-state index in [1.165, 1.54) is 16.0 Å². The second-order valence-corrected chi connectivity index (χ2v) is 6.61. The lowest BCUT2D eigenvalue weighted by molar-refractivity contribution is 0.142. The number of nitrogens with one attached hydrogen (secondary N) is 1. The maximum atomic E-state index is 11.1. The monoisotopic (exact) mass is 354 g/mol. The highest BCUT2D eigenvalue weighted by molar-refractivity contribution is 5.68. The molecule has 26 heavy (non-hydrogen) atoms. The van der Waals surface area contributed by atoms with Crippen LogP contribution in [0.3, 0.4) is 0 Å². The maximum absolute atomic E-state index is 11.1. The number of anilines is 2. The van der Waals surface area contributed by atoms with Gasteiger partial charge in [0, 0.05) is 56.2 Å². The number of rotatable bonds is 5. The summed E-state index contributed by atoms with van der Waals surface area (Å²) in [5.41, 5.74) is 11.7. The molecular formula is C20H26N4O2. The maximum Gasteiger partial charge on any atom is 0.407 e. The number of carbonyl (C=O) groups is 1. The molecule has 1 aliphatic heterocycles. The third-order valence-electron chi connectivity index (χ3n) is 4.81. The van der Waals surface area contributed by atoms with Gasteiger partial charge >= 0.3 is 6.09 Å². The number of amides is 1. The van der Waals surface area contributed by atoms with Crippen molar-refractivity contribution in [3.8, 4) is 0 Å². The minimum Gasteiger partial charge on any atom is -0.465 e. The minimum absolute atomic E-state index is 0.436. The lowest BCUT2D eigenvalue weighted by Crippen LogP contribution is -2.48. The second-order valence-electron chi connectivity index (χ2n) is 6.61. The number of hydrogen-bond donors (Lipinski definition) is 3. The van der Waals surface area contributed by atoms with Gasteiger partial charge in [-0.3, -0.25) is 0 Å². The summed E-state index contributed by atoms with van der Waals surface area (Å²) in [6.07, 6.45) is -0.850. The summed E-state index contributed by atoms with van der Waals surface area (Å²) in [7, 11) is 0. The normalized spacial score (nSPS) is 14.4. The van der Waals surface area contributed by atoms with Crippen molar-refractivity contribution in [1.29, 1.82) is 0 Å². The van der Waals surface area contributed by atoms with Crippen molar-refractivity contribution in [1.82, 2.24) is 4.90 Å². The molecule has 2 aromatic carbocycles. The van der Waals surface area contributed by atoms with E-state index in [1.807, 2.05) is 6.07 Å². The Labute approximate surface area is 154 Å². The summed E-state index contributed by atoms with van der Waals surface area (Å²) in [4.78, 5) is 14.8. The van der Waals surface area contributed by atoms with Crippen molar-refractivity contribution in [3.63, 3.8) is 0 Å². The fraction of sp³-hybridized carbons (Fsp3) is 0.350. The zero-order valence-electron chi connectivity index (χ0n) is 15.1. The molecule has 1 amide bonds. The highest BCUT2D eigenvalue weighted by Crippen LogP contribution is 2.28. The van der Waals surface area contributed by atoms with Crippen LogP contribution in [0.4, 0.5) is 16.2 Å². The van der Waals surface area contributed by atoms with E-state index in [2.05, 4.69) is 53.5 Å². The van der Waals surface area contributed by atoms with Crippen LogP contribution in [0.15, 0.2) is 42.5 Å². The predicted octanol–water partition coefficient (Wildman–Crippen LogP) is 2.87. The Morgan fingerprint density at radius 2 is 1.88 bits per heavy atom. The number of piperazine rings is 1. The van der Waals surface area contributed by atoms with Crippen LogP contribution >= 0.6 is 0 Å². The van der Waals surface area contributed by atoms with E-state index in [0.717, 1.165) is 23.5 Å². The predicted molar refractivity (Wildman–Crippen MR) is 105 cm³/mol. The van der Waals surface area contributed by atoms with Gasteiger partial charge in [-0.25, -0.2) is 4.79 Å². The van der Waals surface area contributed by atoms with Gasteiger partial charge in [0.05, 0.1) is 0 Å². The Morgan fingerprint density at radius 3 is 2.54 bits per heavy atom. The van der Waals surface area contributed by atoms with Crippen LogP contribution in [0.25, 0.3) is 0 Å². The van der Waals surface area contributed by atoms with Gasteiger partial charge in [-0.1, -0.05) is 35.9 Å². The quantitative estimate of drug-likeness (QED) is 0.769. The number of nitrogens with two attached hydrogens (primary N) is 1. The van der Waals surface area contributed by atoms with E-state index < -0.39 is 6.09 Å². The topological polar surface area (TPSA) is 81.8 Å². The molecule has 1 aliphatic rings. The lowest BCUT2D eigenvalue weighted by atomic mass is 10.1. The molecule has 0 radical (unpaired) electrons. The standard InChI is InChI=1S/C20H26N4O2/c1-15-4-2-5-16(12-15)14-22-18-6-3-7-19(17(18)13-21)23-8-10-24(11-9-23)20(25)26/h2-7,12,22H,8-11,13-14,21H2,1H3,(H,25,26).